The molecule has 1 fully saturated rings. The summed E-state index contributed by atoms with van der Waals surface area (Å²) < 4.78 is 6.56. The second-order valence-corrected chi connectivity index (χ2v) is 5.05. The van der Waals surface area contributed by atoms with Gasteiger partial charge >= 0.3 is 0 Å². The summed E-state index contributed by atoms with van der Waals surface area (Å²) in [6.07, 6.45) is 2.20. The number of nitrogens with two attached hydrogens (primary N) is 1. The van der Waals surface area contributed by atoms with Crippen LogP contribution in [-0.4, -0.2) is 7.11 Å². The molecule has 15 heavy (non-hydrogen) atoms. The first-order chi connectivity index (χ1) is 7.24. The molecule has 0 spiro atoms. The summed E-state index contributed by atoms with van der Waals surface area (Å²) in [6.45, 7) is 0. The van der Waals surface area contributed by atoms with Crippen molar-refractivity contribution in [2.24, 2.45) is 5.73 Å². The van der Waals surface area contributed by atoms with Crippen LogP contribution in [0.15, 0.2) is 23.6 Å². The topological polar surface area (TPSA) is 35.2 Å². The van der Waals surface area contributed by atoms with Crippen molar-refractivity contribution in [3.05, 3.63) is 29.1 Å². The first-order valence-electron chi connectivity index (χ1n) is 5.08. The number of hydrogen-bond donors (Lipinski definition) is 1. The highest BCUT2D eigenvalue weighted by Gasteiger charge is 2.41. The van der Waals surface area contributed by atoms with Crippen molar-refractivity contribution >= 4 is 21.4 Å². The second-order valence-electron chi connectivity index (χ2n) is 4.13. The first-order valence-corrected chi connectivity index (χ1v) is 5.96. The van der Waals surface area contributed by atoms with Crippen LogP contribution in [0.5, 0.6) is 5.75 Å². The van der Waals surface area contributed by atoms with Gasteiger partial charge in [0.05, 0.1) is 11.8 Å². The SMILES string of the molecule is COc1ccc(C2(N)CC2)c2ccsc12. The maximum absolute atomic E-state index is 6.25. The molecule has 1 heterocycles. The highest BCUT2D eigenvalue weighted by atomic mass is 32.1. The van der Waals surface area contributed by atoms with E-state index >= 15 is 0 Å². The molecule has 1 aromatic heterocycles. The average molecular weight is 219 g/mol. The Morgan fingerprint density at radius 1 is 1.33 bits per heavy atom. The number of rotatable bonds is 2. The van der Waals surface area contributed by atoms with Crippen LogP contribution in [0.1, 0.15) is 18.4 Å². The van der Waals surface area contributed by atoms with Crippen LogP contribution in [-0.2, 0) is 5.54 Å². The molecular weight excluding hydrogens is 206 g/mol. The maximum Gasteiger partial charge on any atom is 0.136 e. The third kappa shape index (κ3) is 1.27. The minimum Gasteiger partial charge on any atom is -0.495 e. The number of hydrogen-bond acceptors (Lipinski definition) is 3. The number of methoxy groups -OCH3 is 1. The standard InChI is InChI=1S/C12H13NOS/c1-14-10-3-2-9(12(13)5-6-12)8-4-7-15-11(8)10/h2-4,7H,5-6,13H2,1H3. The molecule has 0 aliphatic heterocycles. The van der Waals surface area contributed by atoms with Gasteiger partial charge in [0.1, 0.15) is 5.75 Å². The van der Waals surface area contributed by atoms with Gasteiger partial charge in [-0.05, 0) is 35.9 Å². The van der Waals surface area contributed by atoms with E-state index in [0.717, 1.165) is 18.6 Å². The summed E-state index contributed by atoms with van der Waals surface area (Å²) in [4.78, 5) is 0. The van der Waals surface area contributed by atoms with E-state index in [4.69, 9.17) is 10.5 Å². The molecule has 2 nitrogen and oxygen atoms in total. The Morgan fingerprint density at radius 3 is 2.80 bits per heavy atom. The van der Waals surface area contributed by atoms with Gasteiger partial charge in [-0.2, -0.15) is 0 Å². The van der Waals surface area contributed by atoms with Crippen molar-refractivity contribution in [2.75, 3.05) is 7.11 Å². The molecule has 0 radical (unpaired) electrons. The lowest BCUT2D eigenvalue weighted by Crippen LogP contribution is -2.18. The van der Waals surface area contributed by atoms with Crippen molar-refractivity contribution in [1.29, 1.82) is 0 Å². The predicted octanol–water partition coefficient (Wildman–Crippen LogP) is 2.86. The molecule has 78 valence electrons. The van der Waals surface area contributed by atoms with E-state index in [9.17, 15) is 0 Å². The van der Waals surface area contributed by atoms with Crippen LogP contribution < -0.4 is 10.5 Å². The smallest absolute Gasteiger partial charge is 0.136 e. The van der Waals surface area contributed by atoms with Gasteiger partial charge in [0.15, 0.2) is 0 Å². The van der Waals surface area contributed by atoms with E-state index < -0.39 is 0 Å². The van der Waals surface area contributed by atoms with E-state index in [2.05, 4.69) is 17.5 Å². The van der Waals surface area contributed by atoms with Gasteiger partial charge in [-0.25, -0.2) is 0 Å². The van der Waals surface area contributed by atoms with Crippen molar-refractivity contribution in [1.82, 2.24) is 0 Å². The van der Waals surface area contributed by atoms with Crippen LogP contribution in [0.3, 0.4) is 0 Å². The van der Waals surface area contributed by atoms with Crippen LogP contribution in [0.25, 0.3) is 10.1 Å². The van der Waals surface area contributed by atoms with Crippen molar-refractivity contribution < 1.29 is 4.74 Å². The Balaban J connectivity index is 2.28. The number of ether oxygens (including phenoxy) is 1. The Morgan fingerprint density at radius 2 is 2.13 bits per heavy atom. The lowest BCUT2D eigenvalue weighted by molar-refractivity contribution is 0.420. The van der Waals surface area contributed by atoms with Gasteiger partial charge in [-0.1, -0.05) is 6.07 Å². The summed E-state index contributed by atoms with van der Waals surface area (Å²) >= 11 is 1.72. The molecule has 1 aliphatic carbocycles. The molecule has 3 heteroatoms. The van der Waals surface area contributed by atoms with Crippen LogP contribution >= 0.6 is 11.3 Å². The van der Waals surface area contributed by atoms with Gasteiger partial charge in [0.2, 0.25) is 0 Å². The Hall–Kier alpha value is -1.06. The summed E-state index contributed by atoms with van der Waals surface area (Å²) in [6, 6.07) is 6.28. The molecule has 3 rings (SSSR count). The molecule has 2 N–H and O–H groups in total. The Labute approximate surface area is 92.7 Å². The van der Waals surface area contributed by atoms with Crippen LogP contribution in [0.4, 0.5) is 0 Å². The van der Waals surface area contributed by atoms with Gasteiger partial charge in [-0.15, -0.1) is 11.3 Å². The third-order valence-electron chi connectivity index (χ3n) is 3.13. The summed E-state index contributed by atoms with van der Waals surface area (Å²) in [5.41, 5.74) is 7.46. The summed E-state index contributed by atoms with van der Waals surface area (Å²) in [7, 11) is 1.71. The van der Waals surface area contributed by atoms with E-state index in [1.54, 1.807) is 18.4 Å². The molecule has 2 aromatic rings. The monoisotopic (exact) mass is 219 g/mol. The quantitative estimate of drug-likeness (QED) is 0.843. The van der Waals surface area contributed by atoms with Gasteiger partial charge in [-0.3, -0.25) is 0 Å². The van der Waals surface area contributed by atoms with Crippen LogP contribution in [0, 0.1) is 0 Å². The minimum atomic E-state index is -0.0639. The second kappa shape index (κ2) is 2.97. The fourth-order valence-electron chi connectivity index (χ4n) is 2.04. The summed E-state index contributed by atoms with van der Waals surface area (Å²) in [5, 5.41) is 3.36. The molecule has 1 saturated carbocycles. The lowest BCUT2D eigenvalue weighted by atomic mass is 10.0. The van der Waals surface area contributed by atoms with Crippen molar-refractivity contribution in [3.8, 4) is 5.75 Å². The molecule has 0 unspecified atom stereocenters. The average Bonchev–Trinajstić information content (AvgIpc) is 2.82. The van der Waals surface area contributed by atoms with E-state index in [-0.39, 0.29) is 5.54 Å². The Kier molecular flexibility index (Phi) is 1.82. The largest absolute Gasteiger partial charge is 0.495 e. The fraction of sp³-hybridized carbons (Fsp3) is 0.333. The molecule has 0 amide bonds. The van der Waals surface area contributed by atoms with Gasteiger partial charge in [0, 0.05) is 10.9 Å². The zero-order chi connectivity index (χ0) is 10.5. The minimum absolute atomic E-state index is 0.0639. The number of benzene rings is 1. The summed E-state index contributed by atoms with van der Waals surface area (Å²) in [5.74, 6) is 0.952. The first kappa shape index (κ1) is 9.19. The van der Waals surface area contributed by atoms with Crippen molar-refractivity contribution in [2.45, 2.75) is 18.4 Å². The fourth-order valence-corrected chi connectivity index (χ4v) is 2.95. The molecule has 1 aliphatic rings. The van der Waals surface area contributed by atoms with Gasteiger partial charge < -0.3 is 10.5 Å². The van der Waals surface area contributed by atoms with E-state index in [1.165, 1.54) is 15.6 Å². The molecule has 0 bridgehead atoms. The zero-order valence-corrected chi connectivity index (χ0v) is 9.43. The zero-order valence-electron chi connectivity index (χ0n) is 8.62. The highest BCUT2D eigenvalue weighted by molar-refractivity contribution is 7.17. The molecular formula is C12H13NOS. The number of thiophene rings is 1. The lowest BCUT2D eigenvalue weighted by Gasteiger charge is -2.12. The third-order valence-corrected chi connectivity index (χ3v) is 4.05. The maximum atomic E-state index is 6.25. The predicted molar refractivity (Wildman–Crippen MR) is 63.5 cm³/mol. The number of fused-ring (bicyclic) bond motifs is 1. The molecule has 0 atom stereocenters. The van der Waals surface area contributed by atoms with E-state index in [1.807, 2.05) is 6.07 Å². The molecule has 0 saturated heterocycles. The van der Waals surface area contributed by atoms with Gasteiger partial charge in [0.25, 0.3) is 0 Å². The van der Waals surface area contributed by atoms with Crippen molar-refractivity contribution in [3.63, 3.8) is 0 Å². The highest BCUT2D eigenvalue weighted by Crippen LogP contribution is 2.47. The Bertz CT molecular complexity index is 513. The normalized spacial score (nSPS) is 18.0. The molecule has 1 aromatic carbocycles. The van der Waals surface area contributed by atoms with Crippen LogP contribution in [0.2, 0.25) is 0 Å². The van der Waals surface area contributed by atoms with E-state index in [0.29, 0.717) is 0 Å².